The summed E-state index contributed by atoms with van der Waals surface area (Å²) in [5.74, 6) is 0. The van der Waals surface area contributed by atoms with Gasteiger partial charge in [-0.3, -0.25) is 10.1 Å². The molecule has 0 bridgehead atoms. The van der Waals surface area contributed by atoms with Gasteiger partial charge in [0.2, 0.25) is 10.0 Å². The second-order valence-corrected chi connectivity index (χ2v) is 7.55. The molecule has 7 nitrogen and oxygen atoms in total. The minimum Gasteiger partial charge on any atom is -0.258 e. The highest BCUT2D eigenvalue weighted by molar-refractivity contribution is 7.89. The summed E-state index contributed by atoms with van der Waals surface area (Å²) in [7, 11) is -3.83. The molecule has 0 saturated carbocycles. The van der Waals surface area contributed by atoms with Crippen LogP contribution in [0.5, 0.6) is 0 Å². The molecule has 0 radical (unpaired) electrons. The number of sulfonamides is 1. The Morgan fingerprint density at radius 1 is 1.26 bits per heavy atom. The van der Waals surface area contributed by atoms with Crippen molar-refractivity contribution in [3.8, 4) is 6.07 Å². The third-order valence-corrected chi connectivity index (χ3v) is 5.79. The maximum atomic E-state index is 12.7. The summed E-state index contributed by atoms with van der Waals surface area (Å²) in [6.07, 6.45) is 0.0671. The predicted octanol–water partition coefficient (Wildman–Crippen LogP) is 2.76. The molecular weight excluding hydrogens is 338 g/mol. The highest BCUT2D eigenvalue weighted by atomic mass is 32.2. The van der Waals surface area contributed by atoms with Crippen LogP contribution in [0.2, 0.25) is 0 Å². The van der Waals surface area contributed by atoms with Crippen LogP contribution in [0, 0.1) is 21.4 Å². The van der Waals surface area contributed by atoms with Gasteiger partial charge in [0.25, 0.3) is 5.69 Å². The van der Waals surface area contributed by atoms with Crippen LogP contribution in [0.4, 0.5) is 5.69 Å². The van der Waals surface area contributed by atoms with E-state index in [9.17, 15) is 18.5 Å². The van der Waals surface area contributed by atoms with Gasteiger partial charge < -0.3 is 0 Å². The fourth-order valence-electron chi connectivity index (χ4n) is 1.92. The third-order valence-electron chi connectivity index (χ3n) is 3.07. The van der Waals surface area contributed by atoms with E-state index in [1.807, 2.05) is 23.6 Å². The van der Waals surface area contributed by atoms with E-state index in [1.54, 1.807) is 0 Å². The highest BCUT2D eigenvalue weighted by Crippen LogP contribution is 2.22. The van der Waals surface area contributed by atoms with Gasteiger partial charge in [-0.2, -0.15) is 9.57 Å². The van der Waals surface area contributed by atoms with E-state index in [1.165, 1.54) is 27.8 Å². The van der Waals surface area contributed by atoms with Gasteiger partial charge in [0.1, 0.15) is 0 Å². The van der Waals surface area contributed by atoms with E-state index in [0.29, 0.717) is 0 Å². The zero-order valence-corrected chi connectivity index (χ0v) is 13.6. The van der Waals surface area contributed by atoms with Crippen LogP contribution >= 0.6 is 11.3 Å². The Hall–Kier alpha value is -2.28. The first-order chi connectivity index (χ1) is 10.9. The van der Waals surface area contributed by atoms with Crippen molar-refractivity contribution in [2.75, 3.05) is 6.54 Å². The van der Waals surface area contributed by atoms with E-state index in [-0.39, 0.29) is 30.1 Å². The Morgan fingerprint density at radius 2 is 1.96 bits per heavy atom. The summed E-state index contributed by atoms with van der Waals surface area (Å²) in [6.45, 7) is 0.229. The van der Waals surface area contributed by atoms with Crippen molar-refractivity contribution in [2.45, 2.75) is 17.9 Å². The van der Waals surface area contributed by atoms with Crippen molar-refractivity contribution in [3.05, 3.63) is 56.8 Å². The summed E-state index contributed by atoms with van der Waals surface area (Å²) >= 11 is 1.42. The normalized spacial score (nSPS) is 11.3. The smallest absolute Gasteiger partial charge is 0.258 e. The Bertz CT molecular complexity index is 809. The van der Waals surface area contributed by atoms with Crippen LogP contribution in [0.25, 0.3) is 0 Å². The molecule has 0 aliphatic carbocycles. The number of nitro groups is 1. The summed E-state index contributed by atoms with van der Waals surface area (Å²) < 4.78 is 26.6. The van der Waals surface area contributed by atoms with Gasteiger partial charge in [-0.1, -0.05) is 6.07 Å². The van der Waals surface area contributed by atoms with E-state index < -0.39 is 14.9 Å². The van der Waals surface area contributed by atoms with Gasteiger partial charge in [0, 0.05) is 36.5 Å². The van der Waals surface area contributed by atoms with Crippen LogP contribution in [0.15, 0.2) is 46.7 Å². The molecule has 120 valence electrons. The monoisotopic (exact) mass is 351 g/mol. The lowest BCUT2D eigenvalue weighted by molar-refractivity contribution is -0.384. The maximum absolute atomic E-state index is 12.7. The number of nitrogens with zero attached hydrogens (tertiary/aromatic N) is 3. The molecule has 9 heteroatoms. The van der Waals surface area contributed by atoms with Crippen LogP contribution in [0.3, 0.4) is 0 Å². The number of rotatable bonds is 7. The summed E-state index contributed by atoms with van der Waals surface area (Å²) in [5.41, 5.74) is -0.175. The zero-order chi connectivity index (χ0) is 16.9. The molecule has 0 spiro atoms. The van der Waals surface area contributed by atoms with Crippen molar-refractivity contribution in [3.63, 3.8) is 0 Å². The first-order valence-corrected chi connectivity index (χ1v) is 8.91. The van der Waals surface area contributed by atoms with Crippen LogP contribution in [-0.2, 0) is 16.6 Å². The second kappa shape index (κ2) is 7.32. The molecule has 1 heterocycles. The molecule has 2 aromatic rings. The standard InChI is InChI=1S/C14H13N3O4S2/c15-8-2-9-16(11-13-3-1-10-22-13)23(20,21)14-6-4-12(5-7-14)17(18)19/h1,3-7,10H,2,9,11H2. The molecule has 1 aromatic carbocycles. The Balaban J connectivity index is 2.30. The molecule has 0 fully saturated rings. The van der Waals surface area contributed by atoms with E-state index >= 15 is 0 Å². The van der Waals surface area contributed by atoms with Crippen LogP contribution in [-0.4, -0.2) is 24.2 Å². The molecular formula is C14H13N3O4S2. The van der Waals surface area contributed by atoms with Gasteiger partial charge in [0.15, 0.2) is 0 Å². The quantitative estimate of drug-likeness (QED) is 0.563. The minimum atomic E-state index is -3.83. The fraction of sp³-hybridized carbons (Fsp3) is 0.214. The number of nitriles is 1. The number of hydrogen-bond donors (Lipinski definition) is 0. The van der Waals surface area contributed by atoms with Crippen molar-refractivity contribution in [1.29, 1.82) is 5.26 Å². The first kappa shape index (κ1) is 17.1. The van der Waals surface area contributed by atoms with E-state index in [2.05, 4.69) is 0 Å². The lowest BCUT2D eigenvalue weighted by Gasteiger charge is -2.20. The summed E-state index contributed by atoms with van der Waals surface area (Å²) in [6, 6.07) is 10.3. The molecule has 0 aliphatic rings. The lowest BCUT2D eigenvalue weighted by Crippen LogP contribution is -2.31. The van der Waals surface area contributed by atoms with Crippen molar-refractivity contribution in [1.82, 2.24) is 4.31 Å². The SMILES string of the molecule is N#CCCN(Cc1cccs1)S(=O)(=O)c1ccc([N+](=O)[O-])cc1. The number of hydrogen-bond acceptors (Lipinski definition) is 6. The van der Waals surface area contributed by atoms with Gasteiger partial charge in [-0.25, -0.2) is 8.42 Å². The third kappa shape index (κ3) is 4.13. The molecule has 0 atom stereocenters. The first-order valence-electron chi connectivity index (χ1n) is 6.59. The lowest BCUT2D eigenvalue weighted by atomic mass is 10.3. The Morgan fingerprint density at radius 3 is 2.48 bits per heavy atom. The fourth-order valence-corrected chi connectivity index (χ4v) is 4.14. The van der Waals surface area contributed by atoms with Gasteiger partial charge >= 0.3 is 0 Å². The van der Waals surface area contributed by atoms with E-state index in [0.717, 1.165) is 17.0 Å². The Labute approximate surface area is 137 Å². The van der Waals surface area contributed by atoms with Crippen LogP contribution in [0.1, 0.15) is 11.3 Å². The van der Waals surface area contributed by atoms with Gasteiger partial charge in [-0.05, 0) is 23.6 Å². The largest absolute Gasteiger partial charge is 0.269 e. The second-order valence-electron chi connectivity index (χ2n) is 4.58. The van der Waals surface area contributed by atoms with Crippen molar-refractivity contribution < 1.29 is 13.3 Å². The Kier molecular flexibility index (Phi) is 5.44. The summed E-state index contributed by atoms with van der Waals surface area (Å²) in [5, 5.41) is 21.2. The van der Waals surface area contributed by atoms with Crippen LogP contribution < -0.4 is 0 Å². The van der Waals surface area contributed by atoms with Crippen molar-refractivity contribution in [2.24, 2.45) is 0 Å². The highest BCUT2D eigenvalue weighted by Gasteiger charge is 2.25. The number of nitro benzene ring substituents is 1. The number of thiophene rings is 1. The number of benzene rings is 1. The molecule has 2 rings (SSSR count). The average Bonchev–Trinajstić information content (AvgIpc) is 3.04. The van der Waals surface area contributed by atoms with Crippen molar-refractivity contribution >= 4 is 27.0 Å². The van der Waals surface area contributed by atoms with Gasteiger partial charge in [0.05, 0.1) is 15.9 Å². The van der Waals surface area contributed by atoms with Gasteiger partial charge in [-0.15, -0.1) is 11.3 Å². The number of non-ortho nitro benzene ring substituents is 1. The van der Waals surface area contributed by atoms with E-state index in [4.69, 9.17) is 5.26 Å². The molecule has 1 aromatic heterocycles. The molecule has 0 saturated heterocycles. The molecule has 23 heavy (non-hydrogen) atoms. The topological polar surface area (TPSA) is 104 Å². The average molecular weight is 351 g/mol. The predicted molar refractivity (Wildman–Crippen MR) is 85.2 cm³/mol. The summed E-state index contributed by atoms with van der Waals surface area (Å²) in [4.78, 5) is 10.9. The zero-order valence-electron chi connectivity index (χ0n) is 12.0. The minimum absolute atomic E-state index is 0.0300. The molecule has 0 N–H and O–H groups in total. The molecule has 0 aliphatic heterocycles. The maximum Gasteiger partial charge on any atom is 0.269 e. The molecule has 0 amide bonds. The molecule has 0 unspecified atom stereocenters.